The summed E-state index contributed by atoms with van der Waals surface area (Å²) in [6, 6.07) is 10.5. The first-order valence-electron chi connectivity index (χ1n) is 8.04. The summed E-state index contributed by atoms with van der Waals surface area (Å²) in [7, 11) is 0. The van der Waals surface area contributed by atoms with E-state index in [1.165, 1.54) is 11.1 Å². The van der Waals surface area contributed by atoms with Gasteiger partial charge in [0, 0.05) is 21.2 Å². The molecule has 0 heterocycles. The SMILES string of the molecule is CC(C)(C)c1ccc2c(c1)C(=O)c1cc(C(C)(C)C)cc(Br)c1-2. The third-order valence-corrected chi connectivity index (χ3v) is 5.23. The first-order valence-corrected chi connectivity index (χ1v) is 8.83. The monoisotopic (exact) mass is 370 g/mol. The van der Waals surface area contributed by atoms with Crippen molar-refractivity contribution in [2.24, 2.45) is 0 Å². The first-order chi connectivity index (χ1) is 10.5. The van der Waals surface area contributed by atoms with Crippen molar-refractivity contribution >= 4 is 21.7 Å². The Kier molecular flexibility index (Phi) is 3.61. The number of benzene rings is 2. The van der Waals surface area contributed by atoms with Gasteiger partial charge < -0.3 is 0 Å². The summed E-state index contributed by atoms with van der Waals surface area (Å²) in [5, 5.41) is 0. The van der Waals surface area contributed by atoms with Gasteiger partial charge in [-0.2, -0.15) is 0 Å². The third-order valence-electron chi connectivity index (χ3n) is 4.60. The van der Waals surface area contributed by atoms with Gasteiger partial charge in [0.2, 0.25) is 0 Å². The maximum atomic E-state index is 13.0. The van der Waals surface area contributed by atoms with E-state index in [-0.39, 0.29) is 16.6 Å². The van der Waals surface area contributed by atoms with Gasteiger partial charge >= 0.3 is 0 Å². The van der Waals surface area contributed by atoms with Crippen molar-refractivity contribution in [2.45, 2.75) is 52.4 Å². The van der Waals surface area contributed by atoms with Crippen LogP contribution < -0.4 is 0 Å². The quantitative estimate of drug-likeness (QED) is 0.456. The second-order valence-corrected chi connectivity index (χ2v) is 9.32. The molecule has 0 unspecified atom stereocenters. The molecule has 2 heteroatoms. The highest BCUT2D eigenvalue weighted by Crippen LogP contribution is 2.44. The second kappa shape index (κ2) is 5.04. The summed E-state index contributed by atoms with van der Waals surface area (Å²) in [5.74, 6) is 0.146. The molecule has 0 N–H and O–H groups in total. The van der Waals surface area contributed by atoms with Crippen LogP contribution in [-0.2, 0) is 10.8 Å². The van der Waals surface area contributed by atoms with Crippen LogP contribution in [0.15, 0.2) is 34.8 Å². The fraction of sp³-hybridized carbons (Fsp3) is 0.381. The number of carbonyl (C=O) groups excluding carboxylic acids is 1. The molecule has 0 amide bonds. The summed E-state index contributed by atoms with van der Waals surface area (Å²) < 4.78 is 1.01. The molecule has 2 aromatic carbocycles. The molecule has 0 aliphatic heterocycles. The van der Waals surface area contributed by atoms with E-state index >= 15 is 0 Å². The minimum Gasteiger partial charge on any atom is -0.289 e. The lowest BCUT2D eigenvalue weighted by Crippen LogP contribution is -2.12. The molecule has 1 aliphatic carbocycles. The smallest absolute Gasteiger partial charge is 0.194 e. The number of hydrogen-bond donors (Lipinski definition) is 0. The molecule has 0 aromatic heterocycles. The van der Waals surface area contributed by atoms with Gasteiger partial charge in [-0.05, 0) is 45.7 Å². The Bertz CT molecular complexity index is 817. The van der Waals surface area contributed by atoms with Crippen LogP contribution in [-0.4, -0.2) is 5.78 Å². The van der Waals surface area contributed by atoms with Gasteiger partial charge in [-0.1, -0.05) is 69.6 Å². The van der Waals surface area contributed by atoms with Crippen molar-refractivity contribution in [3.63, 3.8) is 0 Å². The molecule has 0 saturated carbocycles. The highest BCUT2D eigenvalue weighted by atomic mass is 79.9. The zero-order valence-corrected chi connectivity index (χ0v) is 16.3. The van der Waals surface area contributed by atoms with Crippen LogP contribution in [0, 0.1) is 0 Å². The summed E-state index contributed by atoms with van der Waals surface area (Å²) in [5.41, 5.74) is 6.18. The molecule has 1 nitrogen and oxygen atoms in total. The van der Waals surface area contributed by atoms with Crippen LogP contribution in [0.5, 0.6) is 0 Å². The zero-order chi connectivity index (χ0) is 17.2. The fourth-order valence-electron chi connectivity index (χ4n) is 3.05. The highest BCUT2D eigenvalue weighted by Gasteiger charge is 2.31. The minimum atomic E-state index is 0.0170. The zero-order valence-electron chi connectivity index (χ0n) is 14.7. The fourth-order valence-corrected chi connectivity index (χ4v) is 3.73. The molecule has 0 fully saturated rings. The third kappa shape index (κ3) is 2.67. The van der Waals surface area contributed by atoms with Crippen molar-refractivity contribution in [3.05, 3.63) is 57.1 Å². The van der Waals surface area contributed by atoms with Crippen molar-refractivity contribution in [1.82, 2.24) is 0 Å². The molecule has 2 aromatic rings. The van der Waals surface area contributed by atoms with Gasteiger partial charge in [0.15, 0.2) is 5.78 Å². The molecule has 0 radical (unpaired) electrons. The molecule has 120 valence electrons. The van der Waals surface area contributed by atoms with Crippen molar-refractivity contribution in [3.8, 4) is 11.1 Å². The van der Waals surface area contributed by atoms with E-state index in [1.807, 2.05) is 0 Å². The number of carbonyl (C=O) groups is 1. The molecular weight excluding hydrogens is 348 g/mol. The van der Waals surface area contributed by atoms with E-state index in [0.29, 0.717) is 0 Å². The van der Waals surface area contributed by atoms with E-state index in [2.05, 4.69) is 87.8 Å². The highest BCUT2D eigenvalue weighted by molar-refractivity contribution is 9.10. The van der Waals surface area contributed by atoms with Crippen molar-refractivity contribution in [2.75, 3.05) is 0 Å². The van der Waals surface area contributed by atoms with Crippen LogP contribution in [0.2, 0.25) is 0 Å². The van der Waals surface area contributed by atoms with Crippen LogP contribution in [0.1, 0.15) is 68.6 Å². The molecular formula is C21H23BrO. The largest absolute Gasteiger partial charge is 0.289 e. The standard InChI is InChI=1S/C21H23BrO/c1-20(2,3)12-7-8-14-15(9-12)19(23)16-10-13(21(4,5)6)11-17(22)18(14)16/h7-11H,1-6H3. The lowest BCUT2D eigenvalue weighted by molar-refractivity contribution is 0.104. The maximum Gasteiger partial charge on any atom is 0.194 e. The van der Waals surface area contributed by atoms with Crippen LogP contribution in [0.3, 0.4) is 0 Å². The maximum absolute atomic E-state index is 13.0. The number of rotatable bonds is 0. The summed E-state index contributed by atoms with van der Waals surface area (Å²) >= 11 is 3.69. The first kappa shape index (κ1) is 16.4. The average Bonchev–Trinajstić information content (AvgIpc) is 2.70. The van der Waals surface area contributed by atoms with Gasteiger partial charge in [0.1, 0.15) is 0 Å². The predicted octanol–water partition coefficient (Wildman–Crippen LogP) is 6.26. The van der Waals surface area contributed by atoms with E-state index in [0.717, 1.165) is 26.7 Å². The van der Waals surface area contributed by atoms with E-state index < -0.39 is 0 Å². The van der Waals surface area contributed by atoms with Crippen molar-refractivity contribution in [1.29, 1.82) is 0 Å². The van der Waals surface area contributed by atoms with Crippen molar-refractivity contribution < 1.29 is 4.79 Å². The molecule has 0 spiro atoms. The lowest BCUT2D eigenvalue weighted by atomic mass is 9.85. The lowest BCUT2D eigenvalue weighted by Gasteiger charge is -2.21. The Hall–Kier alpha value is -1.41. The molecule has 0 atom stereocenters. The molecule has 0 bridgehead atoms. The van der Waals surface area contributed by atoms with Gasteiger partial charge in [0.05, 0.1) is 0 Å². The summed E-state index contributed by atoms with van der Waals surface area (Å²) in [6.07, 6.45) is 0. The number of ketones is 1. The Morgan fingerprint density at radius 3 is 1.87 bits per heavy atom. The number of hydrogen-bond acceptors (Lipinski definition) is 1. The minimum absolute atomic E-state index is 0.0170. The molecule has 1 aliphatic rings. The Morgan fingerprint density at radius 1 is 0.739 bits per heavy atom. The Balaban J connectivity index is 2.23. The van der Waals surface area contributed by atoms with Gasteiger partial charge in [0.25, 0.3) is 0 Å². The molecule has 3 rings (SSSR count). The second-order valence-electron chi connectivity index (χ2n) is 8.47. The van der Waals surface area contributed by atoms with Crippen LogP contribution in [0.4, 0.5) is 0 Å². The van der Waals surface area contributed by atoms with E-state index in [1.54, 1.807) is 0 Å². The summed E-state index contributed by atoms with van der Waals surface area (Å²) in [4.78, 5) is 13.0. The van der Waals surface area contributed by atoms with E-state index in [9.17, 15) is 4.79 Å². The molecule has 0 saturated heterocycles. The van der Waals surface area contributed by atoms with Gasteiger partial charge in [-0.25, -0.2) is 0 Å². The Morgan fingerprint density at radius 2 is 1.30 bits per heavy atom. The predicted molar refractivity (Wildman–Crippen MR) is 100 cm³/mol. The Labute approximate surface area is 147 Å². The number of fused-ring (bicyclic) bond motifs is 3. The normalized spacial score (nSPS) is 14.0. The average molecular weight is 371 g/mol. The van der Waals surface area contributed by atoms with Gasteiger partial charge in [-0.15, -0.1) is 0 Å². The van der Waals surface area contributed by atoms with E-state index in [4.69, 9.17) is 0 Å². The number of halogens is 1. The molecule has 23 heavy (non-hydrogen) atoms. The van der Waals surface area contributed by atoms with Crippen LogP contribution >= 0.6 is 15.9 Å². The summed E-state index contributed by atoms with van der Waals surface area (Å²) in [6.45, 7) is 13.0. The van der Waals surface area contributed by atoms with Gasteiger partial charge in [-0.3, -0.25) is 4.79 Å². The topological polar surface area (TPSA) is 17.1 Å². The van der Waals surface area contributed by atoms with Crippen LogP contribution in [0.25, 0.3) is 11.1 Å².